The van der Waals surface area contributed by atoms with E-state index in [2.05, 4.69) is 4.98 Å². The number of nitrogens with one attached hydrogen (secondary N) is 1. The Morgan fingerprint density at radius 3 is 2.47 bits per heavy atom. The lowest BCUT2D eigenvalue weighted by Gasteiger charge is -1.98. The van der Waals surface area contributed by atoms with Gasteiger partial charge in [-0.2, -0.15) is 0 Å². The third kappa shape index (κ3) is 1.93. The molecule has 0 radical (unpaired) electrons. The summed E-state index contributed by atoms with van der Waals surface area (Å²) < 4.78 is 2.02. The Hall–Kier alpha value is -2.42. The van der Waals surface area contributed by atoms with Gasteiger partial charge in [0.15, 0.2) is 11.0 Å². The molecule has 2 aromatic carbocycles. The van der Waals surface area contributed by atoms with Crippen molar-refractivity contribution in [2.24, 2.45) is 0 Å². The van der Waals surface area contributed by atoms with Crippen LogP contribution in [0.5, 0.6) is 0 Å². The number of carbonyl (C=O) groups excluding carboxylic acids is 1. The minimum atomic E-state index is 0.0265. The van der Waals surface area contributed by atoms with Gasteiger partial charge in [-0.25, -0.2) is 9.55 Å². The Bertz CT molecular complexity index is 729. The first-order valence-electron chi connectivity index (χ1n) is 6.41. The molecule has 0 aliphatic carbocycles. The number of hydrogen-bond acceptors (Lipinski definition) is 1. The van der Waals surface area contributed by atoms with Crippen LogP contribution in [-0.2, 0) is 6.54 Å². The molecule has 3 nitrogen and oxygen atoms in total. The SMILES string of the molecule is CC[n+]1c(C(=O)c2ccccc2)[nH]c2ccccc21. The number of aromatic nitrogens is 2. The Morgan fingerprint density at radius 1 is 1.05 bits per heavy atom. The van der Waals surface area contributed by atoms with Crippen LogP contribution in [0.1, 0.15) is 23.1 Å². The molecule has 0 bridgehead atoms. The summed E-state index contributed by atoms with van der Waals surface area (Å²) in [5.41, 5.74) is 2.75. The van der Waals surface area contributed by atoms with Crippen molar-refractivity contribution < 1.29 is 9.36 Å². The number of aromatic amines is 1. The molecule has 0 aliphatic rings. The van der Waals surface area contributed by atoms with Gasteiger partial charge in [-0.1, -0.05) is 42.5 Å². The smallest absolute Gasteiger partial charge is 0.280 e. The van der Waals surface area contributed by atoms with Gasteiger partial charge in [0.25, 0.3) is 5.78 Å². The molecule has 1 N–H and O–H groups in total. The zero-order valence-electron chi connectivity index (χ0n) is 10.8. The van der Waals surface area contributed by atoms with E-state index in [0.29, 0.717) is 11.4 Å². The van der Waals surface area contributed by atoms with Crippen LogP contribution in [0.25, 0.3) is 11.0 Å². The highest BCUT2D eigenvalue weighted by molar-refractivity contribution is 6.06. The summed E-state index contributed by atoms with van der Waals surface area (Å²) in [7, 11) is 0. The second-order valence-electron chi connectivity index (χ2n) is 4.43. The fourth-order valence-electron chi connectivity index (χ4n) is 2.36. The molecule has 0 saturated carbocycles. The van der Waals surface area contributed by atoms with Crippen LogP contribution < -0.4 is 4.57 Å². The number of rotatable bonds is 3. The van der Waals surface area contributed by atoms with Crippen molar-refractivity contribution in [3.05, 3.63) is 66.0 Å². The fourth-order valence-corrected chi connectivity index (χ4v) is 2.36. The maximum Gasteiger partial charge on any atom is 0.329 e. The van der Waals surface area contributed by atoms with Crippen LogP contribution in [0.15, 0.2) is 54.6 Å². The minimum absolute atomic E-state index is 0.0265. The summed E-state index contributed by atoms with van der Waals surface area (Å²) in [5, 5.41) is 0. The highest BCUT2D eigenvalue weighted by Crippen LogP contribution is 2.12. The summed E-state index contributed by atoms with van der Waals surface area (Å²) >= 11 is 0. The van der Waals surface area contributed by atoms with Gasteiger partial charge in [0.2, 0.25) is 0 Å². The van der Waals surface area contributed by atoms with E-state index in [1.807, 2.05) is 66.1 Å². The number of fused-ring (bicyclic) bond motifs is 1. The van der Waals surface area contributed by atoms with E-state index in [1.165, 1.54) is 0 Å². The van der Waals surface area contributed by atoms with Gasteiger partial charge in [0, 0.05) is 5.56 Å². The summed E-state index contributed by atoms with van der Waals surface area (Å²) in [6, 6.07) is 17.3. The summed E-state index contributed by atoms with van der Waals surface area (Å²) in [6.45, 7) is 2.81. The number of hydrogen-bond donors (Lipinski definition) is 1. The molecule has 1 heterocycles. The highest BCUT2D eigenvalue weighted by Gasteiger charge is 2.24. The lowest BCUT2D eigenvalue weighted by atomic mass is 10.1. The van der Waals surface area contributed by atoms with E-state index in [-0.39, 0.29) is 5.78 Å². The number of para-hydroxylation sites is 2. The summed E-state index contributed by atoms with van der Waals surface area (Å²) in [6.07, 6.45) is 0. The van der Waals surface area contributed by atoms with Crippen LogP contribution in [0, 0.1) is 0 Å². The van der Waals surface area contributed by atoms with Gasteiger partial charge in [-0.15, -0.1) is 0 Å². The van der Waals surface area contributed by atoms with Crippen molar-refractivity contribution in [1.82, 2.24) is 4.98 Å². The van der Waals surface area contributed by atoms with Crippen LogP contribution in [-0.4, -0.2) is 10.8 Å². The number of ketones is 1. The standard InChI is InChI=1S/C16H14N2O/c1-2-18-14-11-7-6-10-13(14)17-16(18)15(19)12-8-4-3-5-9-12/h3-11H,2H2,1H3/p+1. The quantitative estimate of drug-likeness (QED) is 0.564. The Kier molecular flexibility index (Phi) is 2.88. The molecule has 0 spiro atoms. The fraction of sp³-hybridized carbons (Fsp3) is 0.125. The first-order valence-corrected chi connectivity index (χ1v) is 6.41. The molecular formula is C16H15N2O+. The van der Waals surface area contributed by atoms with Gasteiger partial charge in [0.1, 0.15) is 0 Å². The van der Waals surface area contributed by atoms with Gasteiger partial charge in [0.05, 0.1) is 6.54 Å². The van der Waals surface area contributed by atoms with E-state index >= 15 is 0 Å². The van der Waals surface area contributed by atoms with Crippen molar-refractivity contribution in [2.75, 3.05) is 0 Å². The van der Waals surface area contributed by atoms with Crippen molar-refractivity contribution >= 4 is 16.8 Å². The number of imidazole rings is 1. The van der Waals surface area contributed by atoms with E-state index in [0.717, 1.165) is 17.6 Å². The third-order valence-electron chi connectivity index (χ3n) is 3.29. The van der Waals surface area contributed by atoms with Gasteiger partial charge >= 0.3 is 5.82 Å². The van der Waals surface area contributed by atoms with E-state index < -0.39 is 0 Å². The Morgan fingerprint density at radius 2 is 1.74 bits per heavy atom. The summed E-state index contributed by atoms with van der Waals surface area (Å²) in [4.78, 5) is 15.8. The Labute approximate surface area is 111 Å². The number of H-pyrrole nitrogens is 1. The Balaban J connectivity index is 2.17. The van der Waals surface area contributed by atoms with Gasteiger partial charge in [-0.05, 0) is 19.1 Å². The normalized spacial score (nSPS) is 10.8. The van der Waals surface area contributed by atoms with Gasteiger partial charge < -0.3 is 0 Å². The zero-order chi connectivity index (χ0) is 13.2. The topological polar surface area (TPSA) is 36.7 Å². The van der Waals surface area contributed by atoms with E-state index in [4.69, 9.17) is 0 Å². The summed E-state index contributed by atoms with van der Waals surface area (Å²) in [5.74, 6) is 0.661. The highest BCUT2D eigenvalue weighted by atomic mass is 16.1. The van der Waals surface area contributed by atoms with Crippen LogP contribution >= 0.6 is 0 Å². The lowest BCUT2D eigenvalue weighted by Crippen LogP contribution is -2.38. The number of carbonyl (C=O) groups is 1. The van der Waals surface area contributed by atoms with E-state index in [9.17, 15) is 4.79 Å². The zero-order valence-corrected chi connectivity index (χ0v) is 10.8. The molecule has 0 amide bonds. The van der Waals surface area contributed by atoms with Crippen molar-refractivity contribution in [3.8, 4) is 0 Å². The van der Waals surface area contributed by atoms with Crippen LogP contribution in [0.2, 0.25) is 0 Å². The predicted octanol–water partition coefficient (Wildman–Crippen LogP) is 2.71. The number of aryl methyl sites for hydroxylation is 1. The van der Waals surface area contributed by atoms with Gasteiger partial charge in [-0.3, -0.25) is 4.79 Å². The van der Waals surface area contributed by atoms with Crippen LogP contribution in [0.4, 0.5) is 0 Å². The third-order valence-corrected chi connectivity index (χ3v) is 3.29. The van der Waals surface area contributed by atoms with Crippen molar-refractivity contribution in [2.45, 2.75) is 13.5 Å². The molecule has 3 rings (SSSR count). The maximum atomic E-state index is 12.5. The molecule has 0 aliphatic heterocycles. The average molecular weight is 251 g/mol. The molecule has 0 fully saturated rings. The molecule has 3 heteroatoms. The molecule has 94 valence electrons. The van der Waals surface area contributed by atoms with Crippen molar-refractivity contribution in [1.29, 1.82) is 0 Å². The second-order valence-corrected chi connectivity index (χ2v) is 4.43. The monoisotopic (exact) mass is 251 g/mol. The van der Waals surface area contributed by atoms with E-state index in [1.54, 1.807) is 0 Å². The molecular weight excluding hydrogens is 236 g/mol. The molecule has 0 saturated heterocycles. The largest absolute Gasteiger partial charge is 0.329 e. The number of nitrogens with zero attached hydrogens (tertiary/aromatic N) is 1. The minimum Gasteiger partial charge on any atom is -0.280 e. The van der Waals surface area contributed by atoms with Crippen LogP contribution in [0.3, 0.4) is 0 Å². The molecule has 3 aromatic rings. The predicted molar refractivity (Wildman–Crippen MR) is 74.0 cm³/mol. The first kappa shape index (κ1) is 11.7. The van der Waals surface area contributed by atoms with Crippen molar-refractivity contribution in [3.63, 3.8) is 0 Å². The number of benzene rings is 2. The molecule has 0 unspecified atom stereocenters. The lowest BCUT2D eigenvalue weighted by molar-refractivity contribution is -0.669. The molecule has 0 atom stereocenters. The molecule has 19 heavy (non-hydrogen) atoms. The second kappa shape index (κ2) is 4.69. The average Bonchev–Trinajstić information content (AvgIpc) is 2.85. The first-order chi connectivity index (χ1) is 9.31. The molecule has 1 aromatic heterocycles. The maximum absolute atomic E-state index is 12.5.